The molecule has 0 fully saturated rings. The first-order valence-electron chi connectivity index (χ1n) is 7.04. The predicted octanol–water partition coefficient (Wildman–Crippen LogP) is 4.65. The van der Waals surface area contributed by atoms with Crippen molar-refractivity contribution in [2.75, 3.05) is 6.61 Å². The lowest BCUT2D eigenvalue weighted by Gasteiger charge is -2.10. The zero-order chi connectivity index (χ0) is 15.9. The molecule has 0 aromatic heterocycles. The van der Waals surface area contributed by atoms with Crippen LogP contribution in [0.5, 0.6) is 5.75 Å². The Morgan fingerprint density at radius 3 is 2.50 bits per heavy atom. The predicted molar refractivity (Wildman–Crippen MR) is 88.4 cm³/mol. The summed E-state index contributed by atoms with van der Waals surface area (Å²) in [6.45, 7) is 2.70. The van der Waals surface area contributed by atoms with Crippen LogP contribution in [-0.4, -0.2) is 17.7 Å². The average molecular weight is 317 g/mol. The molecule has 0 radical (unpaired) electrons. The standard InChI is InChI=1S/C18H17ClO3/c1-2-10-22-16-8-6-13(7-9-16)17(12-18(20)21)14-4-3-5-15(19)11-14/h3-9,11-12H,2,10H2,1H3,(H,20,21)/b17-12+. The Bertz CT molecular complexity index is 675. The molecule has 0 aliphatic rings. The molecule has 0 bridgehead atoms. The molecule has 0 heterocycles. The van der Waals surface area contributed by atoms with Gasteiger partial charge in [0.25, 0.3) is 0 Å². The number of carboxylic acid groups (broad SMARTS) is 1. The van der Waals surface area contributed by atoms with Gasteiger partial charge in [-0.1, -0.05) is 42.8 Å². The molecule has 0 aliphatic heterocycles. The van der Waals surface area contributed by atoms with Gasteiger partial charge in [0, 0.05) is 11.1 Å². The summed E-state index contributed by atoms with van der Waals surface area (Å²) in [7, 11) is 0. The quantitative estimate of drug-likeness (QED) is 0.789. The Morgan fingerprint density at radius 2 is 1.91 bits per heavy atom. The molecule has 0 atom stereocenters. The Morgan fingerprint density at radius 1 is 1.18 bits per heavy atom. The molecular formula is C18H17ClO3. The molecular weight excluding hydrogens is 300 g/mol. The zero-order valence-electron chi connectivity index (χ0n) is 12.3. The van der Waals surface area contributed by atoms with Gasteiger partial charge in [0.15, 0.2) is 0 Å². The number of hydrogen-bond donors (Lipinski definition) is 1. The molecule has 2 aromatic carbocycles. The molecule has 1 N–H and O–H groups in total. The van der Waals surface area contributed by atoms with Crippen LogP contribution in [0.15, 0.2) is 54.6 Å². The van der Waals surface area contributed by atoms with Crippen LogP contribution in [0.2, 0.25) is 5.02 Å². The fraction of sp³-hybridized carbons (Fsp3) is 0.167. The van der Waals surface area contributed by atoms with E-state index in [2.05, 4.69) is 0 Å². The number of rotatable bonds is 6. The van der Waals surface area contributed by atoms with Crippen molar-refractivity contribution >= 4 is 23.1 Å². The third kappa shape index (κ3) is 4.37. The van der Waals surface area contributed by atoms with Crippen LogP contribution in [0.1, 0.15) is 24.5 Å². The van der Waals surface area contributed by atoms with E-state index in [9.17, 15) is 4.79 Å². The lowest BCUT2D eigenvalue weighted by Crippen LogP contribution is -1.97. The van der Waals surface area contributed by atoms with E-state index in [1.54, 1.807) is 18.2 Å². The maximum absolute atomic E-state index is 11.1. The molecule has 4 heteroatoms. The monoisotopic (exact) mass is 316 g/mol. The summed E-state index contributed by atoms with van der Waals surface area (Å²) in [6.07, 6.45) is 2.13. The molecule has 0 unspecified atom stereocenters. The Balaban J connectivity index is 2.36. The van der Waals surface area contributed by atoms with Crippen LogP contribution in [0, 0.1) is 0 Å². The molecule has 3 nitrogen and oxygen atoms in total. The molecule has 0 saturated carbocycles. The van der Waals surface area contributed by atoms with Gasteiger partial charge in [0.05, 0.1) is 6.61 Å². The SMILES string of the molecule is CCCOc1ccc(/C(=C\C(=O)O)c2cccc(Cl)c2)cc1. The summed E-state index contributed by atoms with van der Waals surface area (Å²) in [5, 5.41) is 9.68. The smallest absolute Gasteiger partial charge is 0.328 e. The Labute approximate surface area is 134 Å². The van der Waals surface area contributed by atoms with Crippen molar-refractivity contribution < 1.29 is 14.6 Å². The zero-order valence-corrected chi connectivity index (χ0v) is 13.0. The highest BCUT2D eigenvalue weighted by atomic mass is 35.5. The van der Waals surface area contributed by atoms with E-state index in [0.717, 1.165) is 23.3 Å². The van der Waals surface area contributed by atoms with E-state index >= 15 is 0 Å². The van der Waals surface area contributed by atoms with Gasteiger partial charge in [0.1, 0.15) is 5.75 Å². The van der Waals surface area contributed by atoms with Gasteiger partial charge in [-0.3, -0.25) is 0 Å². The van der Waals surface area contributed by atoms with E-state index < -0.39 is 5.97 Å². The number of carboxylic acids is 1. The number of carbonyl (C=O) groups is 1. The first-order valence-corrected chi connectivity index (χ1v) is 7.41. The van der Waals surface area contributed by atoms with Crippen LogP contribution in [0.3, 0.4) is 0 Å². The van der Waals surface area contributed by atoms with E-state index in [1.807, 2.05) is 37.3 Å². The molecule has 114 valence electrons. The topological polar surface area (TPSA) is 46.5 Å². The van der Waals surface area contributed by atoms with Gasteiger partial charge in [-0.25, -0.2) is 4.79 Å². The number of ether oxygens (including phenoxy) is 1. The maximum atomic E-state index is 11.1. The van der Waals surface area contributed by atoms with Crippen molar-refractivity contribution in [2.45, 2.75) is 13.3 Å². The summed E-state index contributed by atoms with van der Waals surface area (Å²) in [5.41, 5.74) is 2.17. The number of aliphatic carboxylic acids is 1. The third-order valence-corrected chi connectivity index (χ3v) is 3.28. The number of hydrogen-bond acceptors (Lipinski definition) is 2. The van der Waals surface area contributed by atoms with Crippen LogP contribution in [0.4, 0.5) is 0 Å². The van der Waals surface area contributed by atoms with Gasteiger partial charge >= 0.3 is 5.97 Å². The lowest BCUT2D eigenvalue weighted by molar-refractivity contribution is -0.131. The molecule has 0 spiro atoms. The second kappa shape index (κ2) is 7.66. The minimum atomic E-state index is -0.999. The minimum absolute atomic E-state index is 0.566. The van der Waals surface area contributed by atoms with Crippen molar-refractivity contribution in [1.29, 1.82) is 0 Å². The van der Waals surface area contributed by atoms with Gasteiger partial charge < -0.3 is 9.84 Å². The molecule has 0 aliphatic carbocycles. The normalized spacial score (nSPS) is 11.3. The number of halogens is 1. The first-order chi connectivity index (χ1) is 10.6. The third-order valence-electron chi connectivity index (χ3n) is 3.04. The van der Waals surface area contributed by atoms with Gasteiger partial charge in [-0.2, -0.15) is 0 Å². The van der Waals surface area contributed by atoms with Crippen molar-refractivity contribution in [3.63, 3.8) is 0 Å². The molecule has 2 aromatic rings. The second-order valence-electron chi connectivity index (χ2n) is 4.78. The van der Waals surface area contributed by atoms with Crippen molar-refractivity contribution in [1.82, 2.24) is 0 Å². The maximum Gasteiger partial charge on any atom is 0.328 e. The second-order valence-corrected chi connectivity index (χ2v) is 5.22. The van der Waals surface area contributed by atoms with Crippen LogP contribution >= 0.6 is 11.6 Å². The van der Waals surface area contributed by atoms with Gasteiger partial charge in [-0.05, 0) is 47.4 Å². The highest BCUT2D eigenvalue weighted by Gasteiger charge is 2.08. The van der Waals surface area contributed by atoms with Crippen molar-refractivity contribution in [2.24, 2.45) is 0 Å². The molecule has 0 amide bonds. The molecule has 22 heavy (non-hydrogen) atoms. The summed E-state index contributed by atoms with van der Waals surface area (Å²) in [4.78, 5) is 11.1. The van der Waals surface area contributed by atoms with E-state index in [4.69, 9.17) is 21.4 Å². The summed E-state index contributed by atoms with van der Waals surface area (Å²) >= 11 is 6.00. The highest BCUT2D eigenvalue weighted by molar-refractivity contribution is 6.30. The molecule has 2 rings (SSSR count). The first kappa shape index (κ1) is 16.1. The van der Waals surface area contributed by atoms with Crippen LogP contribution in [0.25, 0.3) is 5.57 Å². The van der Waals surface area contributed by atoms with Crippen LogP contribution < -0.4 is 4.74 Å². The fourth-order valence-electron chi connectivity index (χ4n) is 2.06. The largest absolute Gasteiger partial charge is 0.494 e. The fourth-order valence-corrected chi connectivity index (χ4v) is 2.25. The van der Waals surface area contributed by atoms with Crippen LogP contribution in [-0.2, 0) is 4.79 Å². The Hall–Kier alpha value is -2.26. The summed E-state index contributed by atoms with van der Waals surface area (Å²) < 4.78 is 5.54. The van der Waals surface area contributed by atoms with Crippen molar-refractivity contribution in [3.8, 4) is 5.75 Å². The van der Waals surface area contributed by atoms with E-state index in [0.29, 0.717) is 17.2 Å². The lowest BCUT2D eigenvalue weighted by atomic mass is 9.97. The summed E-state index contributed by atoms with van der Waals surface area (Å²) in [6, 6.07) is 14.5. The van der Waals surface area contributed by atoms with Crippen molar-refractivity contribution in [3.05, 3.63) is 70.8 Å². The van der Waals surface area contributed by atoms with E-state index in [1.165, 1.54) is 6.08 Å². The highest BCUT2D eigenvalue weighted by Crippen LogP contribution is 2.27. The molecule has 0 saturated heterocycles. The average Bonchev–Trinajstić information content (AvgIpc) is 2.51. The number of benzene rings is 2. The summed E-state index contributed by atoms with van der Waals surface area (Å²) in [5.74, 6) is -0.229. The minimum Gasteiger partial charge on any atom is -0.494 e. The Kier molecular flexibility index (Phi) is 5.61. The van der Waals surface area contributed by atoms with E-state index in [-0.39, 0.29) is 0 Å². The van der Waals surface area contributed by atoms with Gasteiger partial charge in [0.2, 0.25) is 0 Å². The van der Waals surface area contributed by atoms with Gasteiger partial charge in [-0.15, -0.1) is 0 Å².